The van der Waals surface area contributed by atoms with Gasteiger partial charge in [0.25, 0.3) is 5.91 Å². The number of anilines is 1. The Morgan fingerprint density at radius 1 is 1.19 bits per heavy atom. The highest BCUT2D eigenvalue weighted by Gasteiger charge is 2.37. The fourth-order valence-electron chi connectivity index (χ4n) is 3.41. The van der Waals surface area contributed by atoms with Crippen molar-refractivity contribution in [3.05, 3.63) is 80.5 Å². The number of nitrogens with zero attached hydrogens (tertiary/aromatic N) is 1. The molecule has 0 bridgehead atoms. The van der Waals surface area contributed by atoms with Crippen molar-refractivity contribution in [1.82, 2.24) is 0 Å². The molecule has 2 aromatic carbocycles. The number of hydrogen-bond acceptors (Lipinski definition) is 6. The number of carboxylic acids is 1. The molecule has 0 fully saturated rings. The number of benzene rings is 2. The van der Waals surface area contributed by atoms with Crippen molar-refractivity contribution in [2.45, 2.75) is 12.5 Å². The van der Waals surface area contributed by atoms with Crippen LogP contribution in [0, 0.1) is 0 Å². The number of hydrogen-bond donors (Lipinski definition) is 2. The molecule has 9 heteroatoms. The van der Waals surface area contributed by atoms with E-state index in [0.717, 1.165) is 21.8 Å². The number of halogens is 1. The number of rotatable bonds is 6. The minimum absolute atomic E-state index is 0.00277. The maximum absolute atomic E-state index is 13.1. The van der Waals surface area contributed by atoms with Gasteiger partial charge in [0, 0.05) is 6.07 Å². The summed E-state index contributed by atoms with van der Waals surface area (Å²) in [7, 11) is 0. The zero-order valence-corrected chi connectivity index (χ0v) is 17.5. The number of aliphatic hydroxyl groups is 1. The quantitative estimate of drug-likeness (QED) is 0.543. The first-order chi connectivity index (χ1) is 14.9. The molecule has 2 amide bonds. The molecule has 1 aliphatic rings. The van der Waals surface area contributed by atoms with Gasteiger partial charge in [-0.05, 0) is 28.6 Å². The third-order valence-corrected chi connectivity index (χ3v) is 6.18. The fourth-order valence-corrected chi connectivity index (χ4v) is 4.51. The Bertz CT molecular complexity index is 1180. The smallest absolute Gasteiger partial charge is 0.346 e. The second-order valence-corrected chi connectivity index (χ2v) is 8.08. The maximum atomic E-state index is 13.1. The van der Waals surface area contributed by atoms with Gasteiger partial charge in [0.2, 0.25) is 5.91 Å². The number of carbonyl (C=O) groups excluding carboxylic acids is 2. The molecule has 31 heavy (non-hydrogen) atoms. The summed E-state index contributed by atoms with van der Waals surface area (Å²) in [5, 5.41) is 20.8. The van der Waals surface area contributed by atoms with Crippen LogP contribution in [0.5, 0.6) is 5.75 Å². The Balaban J connectivity index is 1.70. The van der Waals surface area contributed by atoms with Crippen LogP contribution in [0.2, 0.25) is 5.02 Å². The number of aliphatic hydroxyl groups excluding tert-OH is 1. The first-order valence-electron chi connectivity index (χ1n) is 9.23. The third kappa shape index (κ3) is 3.93. The lowest BCUT2D eigenvalue weighted by atomic mass is 10.0. The molecule has 158 valence electrons. The van der Waals surface area contributed by atoms with Crippen molar-refractivity contribution < 1.29 is 29.3 Å². The topological polar surface area (TPSA) is 104 Å². The van der Waals surface area contributed by atoms with Gasteiger partial charge in [-0.25, -0.2) is 9.69 Å². The molecule has 0 saturated carbocycles. The van der Waals surface area contributed by atoms with Crippen LogP contribution >= 0.6 is 22.9 Å². The normalized spacial score (nSPS) is 14.3. The van der Waals surface area contributed by atoms with E-state index in [1.54, 1.807) is 18.2 Å². The van der Waals surface area contributed by atoms with E-state index in [4.69, 9.17) is 16.3 Å². The summed E-state index contributed by atoms with van der Waals surface area (Å²) in [6.07, 6.45) is -0.777. The number of carboxylic acid groups (broad SMARTS) is 1. The van der Waals surface area contributed by atoms with E-state index < -0.39 is 23.9 Å². The van der Waals surface area contributed by atoms with E-state index in [-0.39, 0.29) is 39.9 Å². The average molecular weight is 458 g/mol. The minimum atomic E-state index is -1.23. The predicted molar refractivity (Wildman–Crippen MR) is 115 cm³/mol. The second kappa shape index (κ2) is 8.50. The molecule has 0 saturated heterocycles. The van der Waals surface area contributed by atoms with Crippen molar-refractivity contribution in [2.75, 3.05) is 11.5 Å². The summed E-state index contributed by atoms with van der Waals surface area (Å²) >= 11 is 7.19. The molecule has 3 aromatic rings. The molecule has 2 N–H and O–H groups in total. The summed E-state index contributed by atoms with van der Waals surface area (Å²) in [5.41, 5.74) is 1.23. The van der Waals surface area contributed by atoms with Gasteiger partial charge < -0.3 is 14.9 Å². The van der Waals surface area contributed by atoms with Gasteiger partial charge in [0.1, 0.15) is 16.7 Å². The summed E-state index contributed by atoms with van der Waals surface area (Å²) < 4.78 is 5.87. The number of aromatic carboxylic acids is 1. The minimum Gasteiger partial charge on any atom is -0.483 e. The molecule has 1 aromatic heterocycles. The molecule has 0 aliphatic carbocycles. The van der Waals surface area contributed by atoms with Gasteiger partial charge in [-0.3, -0.25) is 9.59 Å². The Morgan fingerprint density at radius 3 is 2.61 bits per heavy atom. The van der Waals surface area contributed by atoms with E-state index >= 15 is 0 Å². The van der Waals surface area contributed by atoms with Crippen LogP contribution < -0.4 is 9.64 Å². The average Bonchev–Trinajstić information content (AvgIpc) is 3.19. The van der Waals surface area contributed by atoms with Gasteiger partial charge in [-0.2, -0.15) is 0 Å². The van der Waals surface area contributed by atoms with Crippen LogP contribution in [-0.2, 0) is 11.2 Å². The van der Waals surface area contributed by atoms with Crippen molar-refractivity contribution in [2.24, 2.45) is 0 Å². The standard InChI is InChI=1S/C22H16ClNO6S/c23-15-7-6-14(30-17(10-25)12-4-2-1-3-5-12)9-16(15)24-18(26)8-13-11-31-20(22(28)29)19(13)21(24)27/h1-7,9,11,17,25H,8,10H2,(H,28,29). The second-order valence-electron chi connectivity index (χ2n) is 6.79. The van der Waals surface area contributed by atoms with Crippen molar-refractivity contribution in [3.8, 4) is 5.75 Å². The molecule has 4 rings (SSSR count). The van der Waals surface area contributed by atoms with Gasteiger partial charge >= 0.3 is 5.97 Å². The third-order valence-electron chi connectivity index (χ3n) is 4.84. The Morgan fingerprint density at radius 2 is 1.94 bits per heavy atom. The SMILES string of the molecule is O=C(O)c1scc2c1C(=O)N(c1cc(OC(CO)c3ccccc3)ccc1Cl)C(=O)C2. The lowest BCUT2D eigenvalue weighted by Gasteiger charge is -2.27. The molecule has 2 heterocycles. The molecule has 1 unspecified atom stereocenters. The summed E-state index contributed by atoms with van der Waals surface area (Å²) in [6.45, 7) is -0.288. The van der Waals surface area contributed by atoms with E-state index in [2.05, 4.69) is 0 Å². The Hall–Kier alpha value is -3.20. The van der Waals surface area contributed by atoms with Crippen molar-refractivity contribution in [3.63, 3.8) is 0 Å². The summed E-state index contributed by atoms with van der Waals surface area (Å²) in [6, 6.07) is 13.6. The van der Waals surface area contributed by atoms with E-state index in [1.165, 1.54) is 17.5 Å². The molecule has 7 nitrogen and oxygen atoms in total. The highest BCUT2D eigenvalue weighted by Crippen LogP contribution is 2.37. The first-order valence-corrected chi connectivity index (χ1v) is 10.5. The van der Waals surface area contributed by atoms with Crippen LogP contribution in [0.3, 0.4) is 0 Å². The van der Waals surface area contributed by atoms with Crippen LogP contribution in [0.15, 0.2) is 53.9 Å². The maximum Gasteiger partial charge on any atom is 0.346 e. The number of fused-ring (bicyclic) bond motifs is 1. The van der Waals surface area contributed by atoms with Gasteiger partial charge in [0.15, 0.2) is 0 Å². The number of thiophene rings is 1. The molecule has 0 radical (unpaired) electrons. The highest BCUT2D eigenvalue weighted by atomic mass is 35.5. The number of imide groups is 1. The van der Waals surface area contributed by atoms with Gasteiger partial charge in [0.05, 0.1) is 29.3 Å². The number of ether oxygens (including phenoxy) is 1. The van der Waals surface area contributed by atoms with Crippen LogP contribution in [0.4, 0.5) is 5.69 Å². The largest absolute Gasteiger partial charge is 0.483 e. The van der Waals surface area contributed by atoms with Crippen LogP contribution in [0.1, 0.15) is 37.3 Å². The Labute approximate surface area is 186 Å². The zero-order valence-electron chi connectivity index (χ0n) is 15.9. The lowest BCUT2D eigenvalue weighted by Crippen LogP contribution is -2.42. The number of carbonyl (C=O) groups is 3. The predicted octanol–water partition coefficient (Wildman–Crippen LogP) is 3.94. The monoisotopic (exact) mass is 457 g/mol. The summed E-state index contributed by atoms with van der Waals surface area (Å²) in [5.74, 6) is -2.21. The lowest BCUT2D eigenvalue weighted by molar-refractivity contribution is -0.117. The van der Waals surface area contributed by atoms with Crippen molar-refractivity contribution >= 4 is 46.4 Å². The molecule has 1 atom stereocenters. The van der Waals surface area contributed by atoms with Crippen LogP contribution in [-0.4, -0.2) is 34.6 Å². The molecule has 0 spiro atoms. The molecular weight excluding hydrogens is 442 g/mol. The van der Waals surface area contributed by atoms with Crippen molar-refractivity contribution in [1.29, 1.82) is 0 Å². The Kier molecular flexibility index (Phi) is 5.77. The molecule has 1 aliphatic heterocycles. The molecular formula is C22H16ClNO6S. The van der Waals surface area contributed by atoms with E-state index in [0.29, 0.717) is 5.56 Å². The highest BCUT2D eigenvalue weighted by molar-refractivity contribution is 7.12. The zero-order chi connectivity index (χ0) is 22.1. The fraction of sp³-hybridized carbons (Fsp3) is 0.136. The van der Waals surface area contributed by atoms with Crippen LogP contribution in [0.25, 0.3) is 0 Å². The number of amides is 2. The van der Waals surface area contributed by atoms with Gasteiger partial charge in [-0.15, -0.1) is 11.3 Å². The van der Waals surface area contributed by atoms with E-state index in [1.807, 2.05) is 18.2 Å². The first kappa shape index (κ1) is 21.0. The van der Waals surface area contributed by atoms with Gasteiger partial charge in [-0.1, -0.05) is 41.9 Å². The van der Waals surface area contributed by atoms with E-state index in [9.17, 15) is 24.6 Å². The summed E-state index contributed by atoms with van der Waals surface area (Å²) in [4.78, 5) is 38.1.